The average molecular weight is 447 g/mol. The molecule has 3 aliphatic heterocycles. The van der Waals surface area contributed by atoms with Crippen LogP contribution in [0.15, 0.2) is 0 Å². The lowest BCUT2D eigenvalue weighted by atomic mass is 9.97. The van der Waals surface area contributed by atoms with E-state index in [0.717, 1.165) is 51.9 Å². The zero-order valence-electron chi connectivity index (χ0n) is 18.7. The van der Waals surface area contributed by atoms with Gasteiger partial charge < -0.3 is 30.9 Å². The second-order valence-electron chi connectivity index (χ2n) is 9.12. The molecule has 0 spiro atoms. The van der Waals surface area contributed by atoms with Crippen LogP contribution in [0.2, 0.25) is 0 Å². The number of hydrogen-bond acceptors (Lipinski definition) is 9. The quantitative estimate of drug-likeness (QED) is 0.574. The zero-order chi connectivity index (χ0) is 22.7. The Morgan fingerprint density at radius 2 is 1.22 bits per heavy atom. The van der Waals surface area contributed by atoms with Crippen molar-refractivity contribution < 1.29 is 14.7 Å². The highest BCUT2D eigenvalue weighted by Gasteiger charge is 2.29. The fourth-order valence-electron chi connectivity index (χ4n) is 4.70. The number of nitrogens with zero attached hydrogens (tertiary/aromatic N) is 6. The van der Waals surface area contributed by atoms with Crippen LogP contribution in [0.5, 0.6) is 0 Å². The van der Waals surface area contributed by atoms with Gasteiger partial charge in [0, 0.05) is 58.3 Å². The molecule has 1 aromatic rings. The van der Waals surface area contributed by atoms with Gasteiger partial charge in [0.2, 0.25) is 23.8 Å². The van der Waals surface area contributed by atoms with E-state index in [9.17, 15) is 14.7 Å². The molecule has 0 aliphatic carbocycles. The number of nitrogens with two attached hydrogens (primary N) is 1. The van der Waals surface area contributed by atoms with E-state index in [0.29, 0.717) is 43.8 Å². The summed E-state index contributed by atoms with van der Waals surface area (Å²) >= 11 is 0. The molecule has 4 N–H and O–H groups in total. The van der Waals surface area contributed by atoms with Crippen molar-refractivity contribution in [2.24, 2.45) is 11.7 Å². The predicted molar refractivity (Wildman–Crippen MR) is 121 cm³/mol. The van der Waals surface area contributed by atoms with E-state index in [1.165, 1.54) is 0 Å². The van der Waals surface area contributed by atoms with Crippen molar-refractivity contribution in [3.63, 3.8) is 0 Å². The summed E-state index contributed by atoms with van der Waals surface area (Å²) in [5.41, 5.74) is 6.08. The number of carbonyl (C=O) groups is 2. The van der Waals surface area contributed by atoms with Gasteiger partial charge in [-0.15, -0.1) is 0 Å². The Morgan fingerprint density at radius 3 is 1.62 bits per heavy atom. The first kappa shape index (κ1) is 22.5. The highest BCUT2D eigenvalue weighted by Crippen LogP contribution is 2.26. The Balaban J connectivity index is 1.53. The highest BCUT2D eigenvalue weighted by molar-refractivity contribution is 5.73. The number of rotatable bonds is 5. The maximum atomic E-state index is 11.4. The van der Waals surface area contributed by atoms with Gasteiger partial charge in [-0.3, -0.25) is 9.59 Å². The Hall–Kier alpha value is -2.69. The predicted octanol–water partition coefficient (Wildman–Crippen LogP) is 0.205. The molecule has 4 heterocycles. The minimum Gasteiger partial charge on any atom is -0.481 e. The Kier molecular flexibility index (Phi) is 6.92. The van der Waals surface area contributed by atoms with E-state index in [2.05, 4.69) is 20.0 Å². The topological polar surface area (TPSA) is 141 Å². The summed E-state index contributed by atoms with van der Waals surface area (Å²) in [6.07, 6.45) is 4.68. The van der Waals surface area contributed by atoms with Gasteiger partial charge in [0.25, 0.3) is 0 Å². The van der Waals surface area contributed by atoms with Crippen LogP contribution in [0.25, 0.3) is 0 Å². The third-order valence-electron chi connectivity index (χ3n) is 6.73. The number of hydrogen-bond donors (Lipinski definition) is 3. The molecule has 3 aliphatic rings. The molecule has 0 aromatic carbocycles. The summed E-state index contributed by atoms with van der Waals surface area (Å²) < 4.78 is 0. The highest BCUT2D eigenvalue weighted by atomic mass is 16.4. The molecule has 0 radical (unpaired) electrons. The average Bonchev–Trinajstić information content (AvgIpc) is 2.79. The van der Waals surface area contributed by atoms with Gasteiger partial charge in [0.05, 0.1) is 5.92 Å². The first-order valence-electron chi connectivity index (χ1n) is 11.7. The van der Waals surface area contributed by atoms with Crippen molar-refractivity contribution in [1.82, 2.24) is 20.3 Å². The third kappa shape index (κ3) is 5.37. The van der Waals surface area contributed by atoms with Crippen molar-refractivity contribution in [1.29, 1.82) is 0 Å². The Morgan fingerprint density at radius 1 is 0.812 bits per heavy atom. The van der Waals surface area contributed by atoms with E-state index >= 15 is 0 Å². The first-order valence-corrected chi connectivity index (χ1v) is 11.7. The van der Waals surface area contributed by atoms with Gasteiger partial charge >= 0.3 is 5.97 Å². The molecule has 0 saturated carbocycles. The van der Waals surface area contributed by atoms with Crippen LogP contribution in [0.1, 0.15) is 45.4 Å². The van der Waals surface area contributed by atoms with Gasteiger partial charge in [0.15, 0.2) is 0 Å². The minimum absolute atomic E-state index is 0.00116. The van der Waals surface area contributed by atoms with Gasteiger partial charge in [0.1, 0.15) is 0 Å². The first-order chi connectivity index (χ1) is 15.4. The molecule has 0 bridgehead atoms. The second kappa shape index (κ2) is 9.85. The van der Waals surface area contributed by atoms with E-state index in [1.807, 2.05) is 0 Å². The van der Waals surface area contributed by atoms with E-state index in [-0.39, 0.29) is 23.9 Å². The molecule has 1 amide bonds. The fourth-order valence-corrected chi connectivity index (χ4v) is 4.70. The van der Waals surface area contributed by atoms with Crippen LogP contribution >= 0.6 is 0 Å². The lowest BCUT2D eigenvalue weighted by Gasteiger charge is -2.35. The molecule has 3 fully saturated rings. The molecule has 11 nitrogen and oxygen atoms in total. The van der Waals surface area contributed by atoms with Gasteiger partial charge in [-0.25, -0.2) is 0 Å². The third-order valence-corrected chi connectivity index (χ3v) is 6.73. The van der Waals surface area contributed by atoms with Crippen LogP contribution < -0.4 is 25.8 Å². The summed E-state index contributed by atoms with van der Waals surface area (Å²) in [5, 5.41) is 12.3. The maximum absolute atomic E-state index is 11.4. The summed E-state index contributed by atoms with van der Waals surface area (Å²) in [4.78, 5) is 43.5. The molecule has 32 heavy (non-hydrogen) atoms. The van der Waals surface area contributed by atoms with Crippen molar-refractivity contribution in [2.75, 3.05) is 54.0 Å². The van der Waals surface area contributed by atoms with Crippen molar-refractivity contribution in [3.8, 4) is 0 Å². The summed E-state index contributed by atoms with van der Waals surface area (Å²) in [5.74, 6) is 0.911. The molecule has 0 unspecified atom stereocenters. The number of nitrogens with one attached hydrogen (secondary N) is 1. The van der Waals surface area contributed by atoms with Gasteiger partial charge in [-0.1, -0.05) is 0 Å². The number of carbonyl (C=O) groups excluding carboxylic acids is 1. The van der Waals surface area contributed by atoms with E-state index in [4.69, 9.17) is 20.7 Å². The number of carboxylic acids is 1. The van der Waals surface area contributed by atoms with Crippen LogP contribution in [-0.4, -0.2) is 83.3 Å². The van der Waals surface area contributed by atoms with Gasteiger partial charge in [-0.2, -0.15) is 15.0 Å². The Bertz CT molecular complexity index is 813. The lowest BCUT2D eigenvalue weighted by molar-refractivity contribution is -0.142. The fraction of sp³-hybridized carbons (Fsp3) is 0.762. The number of piperidine rings is 3. The number of carboxylic acid groups (broad SMARTS) is 1. The Labute approximate surface area is 188 Å². The number of amides is 1. The SMILES string of the molecule is CC(=O)NC1CCN(c2nc(N3CCC(N)CC3)nc(N3CCC(C(=O)O)CC3)n2)CC1. The molecule has 1 aromatic heterocycles. The lowest BCUT2D eigenvalue weighted by Crippen LogP contribution is -2.45. The van der Waals surface area contributed by atoms with Gasteiger partial charge in [-0.05, 0) is 38.5 Å². The number of anilines is 3. The monoisotopic (exact) mass is 446 g/mol. The largest absolute Gasteiger partial charge is 0.481 e. The van der Waals surface area contributed by atoms with Crippen molar-refractivity contribution >= 4 is 29.7 Å². The van der Waals surface area contributed by atoms with Crippen LogP contribution in [0.3, 0.4) is 0 Å². The number of aromatic nitrogens is 3. The second-order valence-corrected chi connectivity index (χ2v) is 9.12. The molecule has 4 rings (SSSR count). The minimum atomic E-state index is -0.728. The summed E-state index contributed by atoms with van der Waals surface area (Å²) in [6.45, 7) is 5.95. The van der Waals surface area contributed by atoms with Crippen LogP contribution in [-0.2, 0) is 9.59 Å². The van der Waals surface area contributed by atoms with Crippen molar-refractivity contribution in [2.45, 2.75) is 57.5 Å². The summed E-state index contributed by atoms with van der Waals surface area (Å²) in [7, 11) is 0. The summed E-state index contributed by atoms with van der Waals surface area (Å²) in [6, 6.07) is 0.401. The van der Waals surface area contributed by atoms with Crippen molar-refractivity contribution in [3.05, 3.63) is 0 Å². The molecule has 11 heteroatoms. The van der Waals surface area contributed by atoms with Crippen LogP contribution in [0, 0.1) is 5.92 Å². The molecule has 3 saturated heterocycles. The number of aliphatic carboxylic acids is 1. The smallest absolute Gasteiger partial charge is 0.306 e. The standard InChI is InChI=1S/C21H34N8O3/c1-14(30)23-17-6-12-29(13-7-17)21-25-19(27-8-2-15(3-9-27)18(31)32)24-20(26-21)28-10-4-16(22)5-11-28/h15-17H,2-13,22H2,1H3,(H,23,30)(H,31,32). The normalized spacial score (nSPS) is 21.6. The molecular formula is C21H34N8O3. The van der Waals surface area contributed by atoms with Crippen LogP contribution in [0.4, 0.5) is 17.8 Å². The molecule has 176 valence electrons. The molecular weight excluding hydrogens is 412 g/mol. The van der Waals surface area contributed by atoms with E-state index < -0.39 is 5.97 Å². The zero-order valence-corrected chi connectivity index (χ0v) is 18.7. The van der Waals surface area contributed by atoms with E-state index in [1.54, 1.807) is 6.92 Å². The maximum Gasteiger partial charge on any atom is 0.306 e. The molecule has 0 atom stereocenters.